The number of pyridine rings is 1. The Morgan fingerprint density at radius 2 is 2.17 bits per heavy atom. The van der Waals surface area contributed by atoms with Crippen LogP contribution in [0.15, 0.2) is 24.4 Å². The zero-order valence-electron chi connectivity index (χ0n) is 17.0. The Morgan fingerprint density at radius 1 is 1.45 bits per heavy atom. The summed E-state index contributed by atoms with van der Waals surface area (Å²) in [5.74, 6) is 0.714. The molecule has 1 aliphatic rings. The van der Waals surface area contributed by atoms with E-state index in [1.807, 2.05) is 6.92 Å². The van der Waals surface area contributed by atoms with E-state index in [9.17, 15) is 4.79 Å². The molecule has 0 fully saturated rings. The van der Waals surface area contributed by atoms with Gasteiger partial charge in [-0.05, 0) is 43.0 Å². The molecular formula is C21H26FN3O4. The van der Waals surface area contributed by atoms with Crippen LogP contribution in [0, 0.1) is 11.7 Å². The van der Waals surface area contributed by atoms with Crippen LogP contribution in [0.5, 0.6) is 11.5 Å². The van der Waals surface area contributed by atoms with E-state index in [2.05, 4.69) is 18.8 Å². The number of hydrogen-bond donors (Lipinski definition) is 2. The first-order valence-electron chi connectivity index (χ1n) is 9.42. The number of carboxylic acid groups (broad SMARTS) is 1. The van der Waals surface area contributed by atoms with Crippen LogP contribution in [0.25, 0.3) is 11.1 Å². The first-order valence-corrected chi connectivity index (χ1v) is 9.42. The second-order valence-electron chi connectivity index (χ2n) is 8.11. The Hall–Kier alpha value is -2.87. The van der Waals surface area contributed by atoms with Crippen molar-refractivity contribution in [2.24, 2.45) is 11.7 Å². The number of nitrogens with two attached hydrogens (primary N) is 1. The average Bonchev–Trinajstić information content (AvgIpc) is 2.65. The van der Waals surface area contributed by atoms with Gasteiger partial charge in [0.1, 0.15) is 24.8 Å². The topological polar surface area (TPSA) is 97.9 Å². The van der Waals surface area contributed by atoms with E-state index in [0.717, 1.165) is 11.3 Å². The molecule has 29 heavy (non-hydrogen) atoms. The number of amides is 1. The first-order chi connectivity index (χ1) is 13.6. The van der Waals surface area contributed by atoms with Crippen LogP contribution >= 0.6 is 0 Å². The number of carbonyl (C=O) groups is 1. The molecule has 0 spiro atoms. The van der Waals surface area contributed by atoms with Gasteiger partial charge in [0.2, 0.25) is 0 Å². The number of ether oxygens (including phenoxy) is 2. The van der Waals surface area contributed by atoms with Gasteiger partial charge in [0.05, 0.1) is 6.20 Å². The van der Waals surface area contributed by atoms with Gasteiger partial charge in [-0.25, -0.2) is 14.2 Å². The van der Waals surface area contributed by atoms with E-state index in [1.54, 1.807) is 18.2 Å². The van der Waals surface area contributed by atoms with Gasteiger partial charge in [-0.1, -0.05) is 13.8 Å². The molecule has 1 aromatic heterocycles. The lowest BCUT2D eigenvalue weighted by Crippen LogP contribution is -2.43. The molecule has 2 heterocycles. The maximum atomic E-state index is 15.1. The Kier molecular flexibility index (Phi) is 5.66. The van der Waals surface area contributed by atoms with E-state index in [4.69, 9.17) is 20.3 Å². The Labute approximate surface area is 169 Å². The van der Waals surface area contributed by atoms with Gasteiger partial charge in [-0.2, -0.15) is 0 Å². The average molecular weight is 403 g/mol. The quantitative estimate of drug-likeness (QED) is 0.756. The molecule has 0 saturated heterocycles. The van der Waals surface area contributed by atoms with E-state index in [1.165, 1.54) is 13.2 Å². The zero-order chi connectivity index (χ0) is 21.3. The number of anilines is 1. The molecule has 0 saturated carbocycles. The van der Waals surface area contributed by atoms with Crippen LogP contribution in [0.4, 0.5) is 15.0 Å². The molecule has 7 nitrogen and oxygen atoms in total. The molecule has 3 N–H and O–H groups in total. The van der Waals surface area contributed by atoms with Crippen LogP contribution < -0.4 is 20.1 Å². The number of rotatable bonds is 6. The highest BCUT2D eigenvalue weighted by Crippen LogP contribution is 2.41. The van der Waals surface area contributed by atoms with Crippen LogP contribution in [0.1, 0.15) is 32.8 Å². The zero-order valence-corrected chi connectivity index (χ0v) is 17.0. The summed E-state index contributed by atoms with van der Waals surface area (Å²) in [5.41, 5.74) is 7.24. The van der Waals surface area contributed by atoms with Crippen LogP contribution in [-0.4, -0.2) is 35.4 Å². The summed E-state index contributed by atoms with van der Waals surface area (Å²) in [6, 6.07) is 4.88. The Morgan fingerprint density at radius 3 is 2.83 bits per heavy atom. The summed E-state index contributed by atoms with van der Waals surface area (Å²) in [4.78, 5) is 16.3. The van der Waals surface area contributed by atoms with E-state index in [-0.39, 0.29) is 24.8 Å². The third-order valence-electron chi connectivity index (χ3n) is 4.79. The standard InChI is InChI=1S/C21H26FN3O4/c1-12(2)8-21(3,23)11-29-16-6-5-13-14-7-18(25(4)20(26)27)24-9-17(14)28-10-15(13)19(16)22/h5-7,9,12H,8,10-11,23H2,1-4H3,(H,26,27)/t21-/m0/s1. The summed E-state index contributed by atoms with van der Waals surface area (Å²) in [6.07, 6.45) is 1.06. The van der Waals surface area contributed by atoms with Gasteiger partial charge in [0.15, 0.2) is 11.6 Å². The predicted octanol–water partition coefficient (Wildman–Crippen LogP) is 4.04. The molecule has 2 aromatic rings. The van der Waals surface area contributed by atoms with Crippen LogP contribution in [0.3, 0.4) is 0 Å². The van der Waals surface area contributed by atoms with Crippen molar-refractivity contribution in [3.05, 3.63) is 35.8 Å². The summed E-state index contributed by atoms with van der Waals surface area (Å²) in [6.45, 7) is 6.26. The number of fused-ring (bicyclic) bond motifs is 3. The molecule has 0 unspecified atom stereocenters. The fourth-order valence-electron chi connectivity index (χ4n) is 3.53. The van der Waals surface area contributed by atoms with Crippen molar-refractivity contribution in [2.45, 2.75) is 39.3 Å². The molecule has 1 atom stereocenters. The third-order valence-corrected chi connectivity index (χ3v) is 4.79. The molecule has 0 radical (unpaired) electrons. The molecule has 0 aliphatic carbocycles. The highest BCUT2D eigenvalue weighted by atomic mass is 19.1. The second-order valence-corrected chi connectivity index (χ2v) is 8.11. The van der Waals surface area contributed by atoms with Gasteiger partial charge in [-0.15, -0.1) is 0 Å². The second kappa shape index (κ2) is 7.87. The van der Waals surface area contributed by atoms with Gasteiger partial charge < -0.3 is 20.3 Å². The monoisotopic (exact) mass is 403 g/mol. The van der Waals surface area contributed by atoms with Gasteiger partial charge in [0, 0.05) is 23.7 Å². The molecule has 1 aliphatic heterocycles. The van der Waals surface area contributed by atoms with Crippen molar-refractivity contribution in [1.82, 2.24) is 4.98 Å². The predicted molar refractivity (Wildman–Crippen MR) is 108 cm³/mol. The van der Waals surface area contributed by atoms with Crippen molar-refractivity contribution in [3.8, 4) is 22.6 Å². The largest absolute Gasteiger partial charge is 0.489 e. The van der Waals surface area contributed by atoms with Crippen molar-refractivity contribution in [2.75, 3.05) is 18.6 Å². The fraction of sp³-hybridized carbons (Fsp3) is 0.429. The normalized spacial score (nSPS) is 14.4. The number of halogens is 1. The maximum Gasteiger partial charge on any atom is 0.412 e. The van der Waals surface area contributed by atoms with Crippen molar-refractivity contribution >= 4 is 11.9 Å². The van der Waals surface area contributed by atoms with E-state index >= 15 is 4.39 Å². The molecule has 0 bridgehead atoms. The molecule has 8 heteroatoms. The van der Waals surface area contributed by atoms with E-state index < -0.39 is 17.4 Å². The van der Waals surface area contributed by atoms with Crippen molar-refractivity contribution < 1.29 is 23.8 Å². The minimum absolute atomic E-state index is 0.0348. The Bertz CT molecular complexity index is 930. The highest BCUT2D eigenvalue weighted by Gasteiger charge is 2.26. The molecule has 1 amide bonds. The van der Waals surface area contributed by atoms with Gasteiger partial charge in [0.25, 0.3) is 0 Å². The van der Waals surface area contributed by atoms with Crippen LogP contribution in [0.2, 0.25) is 0 Å². The SMILES string of the molecule is CC(C)C[C@](C)(N)COc1ccc2c(c1F)COc1cnc(N(C)C(=O)O)cc1-2. The van der Waals surface area contributed by atoms with Crippen molar-refractivity contribution in [1.29, 1.82) is 0 Å². The summed E-state index contributed by atoms with van der Waals surface area (Å²) in [7, 11) is 1.39. The smallest absolute Gasteiger partial charge is 0.412 e. The summed E-state index contributed by atoms with van der Waals surface area (Å²) in [5, 5.41) is 9.16. The highest BCUT2D eigenvalue weighted by molar-refractivity contribution is 5.86. The molecule has 1 aromatic carbocycles. The third kappa shape index (κ3) is 4.42. The lowest BCUT2D eigenvalue weighted by Gasteiger charge is -2.27. The molecular weight excluding hydrogens is 377 g/mol. The minimum atomic E-state index is -1.14. The first kappa shape index (κ1) is 20.9. The lowest BCUT2D eigenvalue weighted by atomic mass is 9.92. The fourth-order valence-corrected chi connectivity index (χ4v) is 3.53. The molecule has 156 valence electrons. The van der Waals surface area contributed by atoms with Crippen molar-refractivity contribution in [3.63, 3.8) is 0 Å². The number of nitrogens with zero attached hydrogens (tertiary/aromatic N) is 2. The minimum Gasteiger partial charge on any atom is -0.489 e. The number of hydrogen-bond acceptors (Lipinski definition) is 5. The van der Waals surface area contributed by atoms with Gasteiger partial charge >= 0.3 is 6.09 Å². The lowest BCUT2D eigenvalue weighted by molar-refractivity contribution is 0.198. The molecule has 3 rings (SSSR count). The number of aromatic nitrogens is 1. The summed E-state index contributed by atoms with van der Waals surface area (Å²) >= 11 is 0. The van der Waals surface area contributed by atoms with E-state index in [0.29, 0.717) is 28.4 Å². The Balaban J connectivity index is 1.90. The number of benzene rings is 1. The van der Waals surface area contributed by atoms with Crippen LogP contribution in [-0.2, 0) is 6.61 Å². The van der Waals surface area contributed by atoms with Gasteiger partial charge in [-0.3, -0.25) is 4.90 Å². The maximum absolute atomic E-state index is 15.1. The summed E-state index contributed by atoms with van der Waals surface area (Å²) < 4.78 is 26.4.